The number of ether oxygens (including phenoxy) is 3. The molecular formula is C11H10F6O7. The Labute approximate surface area is 129 Å². The van der Waals surface area contributed by atoms with Gasteiger partial charge in [0.15, 0.2) is 6.10 Å². The normalized spacial score (nSPS) is 19.1. The molecule has 0 saturated carbocycles. The Bertz CT molecular complexity index is 498. The lowest BCUT2D eigenvalue weighted by Gasteiger charge is -2.35. The number of rotatable bonds is 6. The summed E-state index contributed by atoms with van der Waals surface area (Å²) in [5, 5.41) is 8.34. The predicted octanol–water partition coefficient (Wildman–Crippen LogP) is 1.20. The summed E-state index contributed by atoms with van der Waals surface area (Å²) in [6.45, 7) is -1.51. The van der Waals surface area contributed by atoms with Crippen LogP contribution in [-0.2, 0) is 28.6 Å². The average molecular weight is 368 g/mol. The second-order valence-corrected chi connectivity index (χ2v) is 4.62. The van der Waals surface area contributed by atoms with Gasteiger partial charge in [-0.1, -0.05) is 0 Å². The lowest BCUT2D eigenvalue weighted by molar-refractivity contribution is -0.370. The summed E-state index contributed by atoms with van der Waals surface area (Å²) in [7, 11) is 0. The van der Waals surface area contributed by atoms with Crippen LogP contribution in [-0.4, -0.2) is 60.3 Å². The van der Waals surface area contributed by atoms with Gasteiger partial charge < -0.3 is 19.3 Å². The van der Waals surface area contributed by atoms with E-state index in [-0.39, 0.29) is 13.0 Å². The number of aliphatic carboxylic acids is 1. The van der Waals surface area contributed by atoms with Crippen LogP contribution in [0, 0.1) is 0 Å². The molecule has 1 saturated heterocycles. The van der Waals surface area contributed by atoms with Crippen LogP contribution in [0.25, 0.3) is 0 Å². The summed E-state index contributed by atoms with van der Waals surface area (Å²) < 4.78 is 89.3. The molecule has 0 aromatic carbocycles. The molecule has 7 nitrogen and oxygen atoms in total. The molecule has 1 atom stereocenters. The molecular weight excluding hydrogens is 358 g/mol. The van der Waals surface area contributed by atoms with E-state index in [4.69, 9.17) is 5.11 Å². The molecule has 1 rings (SSSR count). The maximum absolute atomic E-state index is 12.8. The molecule has 0 aromatic rings. The Kier molecular flexibility index (Phi) is 5.69. The zero-order valence-corrected chi connectivity index (χ0v) is 11.6. The van der Waals surface area contributed by atoms with Crippen molar-refractivity contribution < 1.29 is 60.0 Å². The third kappa shape index (κ3) is 4.27. The van der Waals surface area contributed by atoms with Crippen LogP contribution < -0.4 is 0 Å². The van der Waals surface area contributed by atoms with Gasteiger partial charge in [0.25, 0.3) is 0 Å². The molecule has 1 unspecified atom stereocenters. The molecule has 0 aromatic heterocycles. The van der Waals surface area contributed by atoms with Gasteiger partial charge in [0.05, 0.1) is 6.61 Å². The summed E-state index contributed by atoms with van der Waals surface area (Å²) in [5.41, 5.74) is -5.23. The molecule has 13 heteroatoms. The van der Waals surface area contributed by atoms with Crippen molar-refractivity contribution >= 4 is 17.9 Å². The van der Waals surface area contributed by atoms with Crippen molar-refractivity contribution in [2.75, 3.05) is 13.2 Å². The van der Waals surface area contributed by atoms with E-state index >= 15 is 0 Å². The van der Waals surface area contributed by atoms with Crippen molar-refractivity contribution in [1.82, 2.24) is 0 Å². The maximum Gasteiger partial charge on any atom is 0.438 e. The number of hydrogen-bond donors (Lipinski definition) is 1. The van der Waals surface area contributed by atoms with Gasteiger partial charge in [-0.2, -0.15) is 26.3 Å². The van der Waals surface area contributed by atoms with Gasteiger partial charge >= 0.3 is 35.9 Å². The van der Waals surface area contributed by atoms with Crippen molar-refractivity contribution in [3.63, 3.8) is 0 Å². The monoisotopic (exact) mass is 368 g/mol. The van der Waals surface area contributed by atoms with Crippen LogP contribution in [0.5, 0.6) is 0 Å². The summed E-state index contributed by atoms with van der Waals surface area (Å²) >= 11 is 0. The minimum absolute atomic E-state index is 0.0507. The largest absolute Gasteiger partial charge is 0.481 e. The van der Waals surface area contributed by atoms with Crippen LogP contribution in [0.15, 0.2) is 0 Å². The van der Waals surface area contributed by atoms with E-state index in [2.05, 4.69) is 14.2 Å². The number of alkyl halides is 6. The van der Waals surface area contributed by atoms with Gasteiger partial charge in [0.2, 0.25) is 0 Å². The summed E-state index contributed by atoms with van der Waals surface area (Å²) in [4.78, 5) is 32.7. The molecule has 1 fully saturated rings. The zero-order valence-electron chi connectivity index (χ0n) is 11.6. The van der Waals surface area contributed by atoms with Gasteiger partial charge in [0.1, 0.15) is 13.0 Å². The predicted molar refractivity (Wildman–Crippen MR) is 58.5 cm³/mol. The highest BCUT2D eigenvalue weighted by Gasteiger charge is 2.75. The van der Waals surface area contributed by atoms with Crippen LogP contribution in [0.2, 0.25) is 0 Å². The van der Waals surface area contributed by atoms with Crippen molar-refractivity contribution in [3.05, 3.63) is 0 Å². The SMILES string of the molecule is O=C(O)CC(OC(=O)COC1CCOC1=O)(C(F)(F)F)C(F)(F)F. The molecule has 1 heterocycles. The fraction of sp³-hybridized carbons (Fsp3) is 0.727. The van der Waals surface area contributed by atoms with Gasteiger partial charge in [-0.15, -0.1) is 0 Å². The van der Waals surface area contributed by atoms with E-state index in [0.29, 0.717) is 0 Å². The first-order valence-electron chi connectivity index (χ1n) is 6.15. The van der Waals surface area contributed by atoms with Crippen LogP contribution >= 0.6 is 0 Å². The molecule has 1 N–H and O–H groups in total. The Hall–Kier alpha value is -2.05. The van der Waals surface area contributed by atoms with Gasteiger partial charge in [-0.3, -0.25) is 4.79 Å². The second-order valence-electron chi connectivity index (χ2n) is 4.62. The molecule has 0 bridgehead atoms. The Morgan fingerprint density at radius 3 is 2.08 bits per heavy atom. The van der Waals surface area contributed by atoms with E-state index in [0.717, 1.165) is 0 Å². The standard InChI is InChI=1S/C11H10F6O7/c12-10(13,14)9(3-6(18)19,11(15,16)17)24-7(20)4-23-5-1-2-22-8(5)21/h5H,1-4H2,(H,18,19). The number of carbonyl (C=O) groups excluding carboxylic acids is 2. The molecule has 0 radical (unpaired) electrons. The Balaban J connectivity index is 2.93. The Morgan fingerprint density at radius 1 is 1.17 bits per heavy atom. The fourth-order valence-electron chi connectivity index (χ4n) is 1.75. The molecule has 1 aliphatic heterocycles. The van der Waals surface area contributed by atoms with Gasteiger partial charge in [-0.05, 0) is 0 Å². The summed E-state index contributed by atoms with van der Waals surface area (Å²) in [6.07, 6.45) is -16.4. The highest BCUT2D eigenvalue weighted by atomic mass is 19.4. The van der Waals surface area contributed by atoms with Crippen LogP contribution in [0.3, 0.4) is 0 Å². The lowest BCUT2D eigenvalue weighted by atomic mass is 9.97. The first-order chi connectivity index (χ1) is 10.8. The third-order valence-electron chi connectivity index (χ3n) is 2.89. The quantitative estimate of drug-likeness (QED) is 0.556. The number of hydrogen-bond acceptors (Lipinski definition) is 6. The van der Waals surface area contributed by atoms with Gasteiger partial charge in [-0.25, -0.2) is 9.59 Å². The minimum atomic E-state index is -6.24. The molecule has 24 heavy (non-hydrogen) atoms. The number of carbonyl (C=O) groups is 3. The Morgan fingerprint density at radius 2 is 1.71 bits per heavy atom. The zero-order chi connectivity index (χ0) is 18.8. The lowest BCUT2D eigenvalue weighted by Crippen LogP contribution is -2.61. The number of carboxylic acids is 1. The number of cyclic esters (lactones) is 1. The second kappa shape index (κ2) is 6.83. The van der Waals surface area contributed by atoms with Gasteiger partial charge in [0, 0.05) is 6.42 Å². The summed E-state index contributed by atoms with van der Waals surface area (Å²) in [5.74, 6) is -5.56. The van der Waals surface area contributed by atoms with Crippen molar-refractivity contribution in [2.45, 2.75) is 36.9 Å². The highest BCUT2D eigenvalue weighted by molar-refractivity contribution is 5.77. The van der Waals surface area contributed by atoms with Crippen molar-refractivity contribution in [2.24, 2.45) is 0 Å². The van der Waals surface area contributed by atoms with E-state index in [1.807, 2.05) is 0 Å². The van der Waals surface area contributed by atoms with E-state index in [1.165, 1.54) is 0 Å². The van der Waals surface area contributed by atoms with Crippen molar-refractivity contribution in [3.8, 4) is 0 Å². The topological polar surface area (TPSA) is 99.1 Å². The van der Waals surface area contributed by atoms with E-state index < -0.39 is 55.0 Å². The van der Waals surface area contributed by atoms with Crippen LogP contribution in [0.4, 0.5) is 26.3 Å². The van der Waals surface area contributed by atoms with E-state index in [1.54, 1.807) is 0 Å². The first kappa shape index (κ1) is 20.0. The fourth-order valence-corrected chi connectivity index (χ4v) is 1.75. The molecule has 138 valence electrons. The third-order valence-corrected chi connectivity index (χ3v) is 2.89. The average Bonchev–Trinajstić information content (AvgIpc) is 2.78. The molecule has 1 aliphatic rings. The maximum atomic E-state index is 12.8. The first-order valence-corrected chi connectivity index (χ1v) is 6.15. The molecule has 0 amide bonds. The smallest absolute Gasteiger partial charge is 0.438 e. The number of carboxylic acid groups (broad SMARTS) is 1. The highest BCUT2D eigenvalue weighted by Crippen LogP contribution is 2.48. The molecule has 0 spiro atoms. The number of halogens is 6. The van der Waals surface area contributed by atoms with Crippen LogP contribution in [0.1, 0.15) is 12.8 Å². The van der Waals surface area contributed by atoms with E-state index in [9.17, 15) is 40.7 Å². The number of esters is 2. The van der Waals surface area contributed by atoms with Crippen molar-refractivity contribution in [1.29, 1.82) is 0 Å². The molecule has 0 aliphatic carbocycles. The minimum Gasteiger partial charge on any atom is -0.481 e. The summed E-state index contributed by atoms with van der Waals surface area (Å²) in [6, 6.07) is 0.